The number of halogens is 1. The van der Waals surface area contributed by atoms with Crippen LogP contribution in [0.4, 0.5) is 15.8 Å². The van der Waals surface area contributed by atoms with E-state index in [1.165, 1.54) is 10.6 Å². The number of fused-ring (bicyclic) bond motifs is 1. The second-order valence-corrected chi connectivity index (χ2v) is 4.29. The second-order valence-electron chi connectivity index (χ2n) is 4.29. The van der Waals surface area contributed by atoms with Gasteiger partial charge in [-0.25, -0.2) is 8.91 Å². The molecule has 0 fully saturated rings. The molecule has 8 heteroatoms. The molecule has 0 atom stereocenters. The number of anilines is 1. The number of aromatic nitrogens is 2. The summed E-state index contributed by atoms with van der Waals surface area (Å²) in [5.41, 5.74) is 6.53. The highest BCUT2D eigenvalue weighted by Crippen LogP contribution is 2.27. The van der Waals surface area contributed by atoms with Gasteiger partial charge in [-0.15, -0.1) is 5.10 Å². The van der Waals surface area contributed by atoms with Crippen molar-refractivity contribution >= 4 is 16.9 Å². The van der Waals surface area contributed by atoms with Crippen molar-refractivity contribution in [1.29, 1.82) is 0 Å². The average Bonchev–Trinajstić information content (AvgIpc) is 2.82. The number of nitrogens with zero attached hydrogens (tertiary/aromatic N) is 3. The largest absolute Gasteiger partial charge is 0.434 e. The number of nitro groups is 1. The molecule has 2 heterocycles. The van der Waals surface area contributed by atoms with Gasteiger partial charge in [-0.1, -0.05) is 0 Å². The molecule has 0 aliphatic carbocycles. The van der Waals surface area contributed by atoms with Crippen LogP contribution in [0.5, 0.6) is 11.6 Å². The summed E-state index contributed by atoms with van der Waals surface area (Å²) in [5, 5.41) is 14.6. The zero-order valence-corrected chi connectivity index (χ0v) is 10.6. The number of rotatable bonds is 3. The van der Waals surface area contributed by atoms with E-state index in [0.29, 0.717) is 5.69 Å². The van der Waals surface area contributed by atoms with Gasteiger partial charge in [-0.3, -0.25) is 10.1 Å². The summed E-state index contributed by atoms with van der Waals surface area (Å²) < 4.78 is 20.5. The van der Waals surface area contributed by atoms with Crippen LogP contribution in [0.15, 0.2) is 42.6 Å². The fourth-order valence-electron chi connectivity index (χ4n) is 1.83. The summed E-state index contributed by atoms with van der Waals surface area (Å²) in [5.74, 6) is -0.814. The first kappa shape index (κ1) is 12.9. The van der Waals surface area contributed by atoms with E-state index in [0.717, 1.165) is 17.6 Å². The van der Waals surface area contributed by atoms with Crippen LogP contribution in [0.3, 0.4) is 0 Å². The molecule has 3 aromatic rings. The Bertz CT molecular complexity index is 847. The summed E-state index contributed by atoms with van der Waals surface area (Å²) in [7, 11) is 0. The predicted molar refractivity (Wildman–Crippen MR) is 72.7 cm³/mol. The smallest absolute Gasteiger partial charge is 0.272 e. The van der Waals surface area contributed by atoms with Gasteiger partial charge in [0.1, 0.15) is 0 Å². The maximum absolute atomic E-state index is 13.7. The fourth-order valence-corrected chi connectivity index (χ4v) is 1.83. The van der Waals surface area contributed by atoms with Crippen molar-refractivity contribution in [3.8, 4) is 11.6 Å². The molecule has 0 unspecified atom stereocenters. The first-order valence-corrected chi connectivity index (χ1v) is 5.89. The number of benzene rings is 1. The molecule has 1 aromatic carbocycles. The molecular formula is C13H9FN4O3. The minimum atomic E-state index is -0.833. The van der Waals surface area contributed by atoms with Crippen LogP contribution < -0.4 is 10.5 Å². The van der Waals surface area contributed by atoms with Crippen LogP contribution >= 0.6 is 0 Å². The standard InChI is InChI=1S/C13H9FN4O3/c14-11-5-10(18(19)20)3-4-12(11)21-13-6-9-2-1-8(15)7-17(9)16-13/h1-7H,15H2. The molecule has 0 spiro atoms. The third-order valence-electron chi connectivity index (χ3n) is 2.80. The van der Waals surface area contributed by atoms with Gasteiger partial charge in [0.15, 0.2) is 11.6 Å². The predicted octanol–water partition coefficient (Wildman–Crippen LogP) is 2.76. The van der Waals surface area contributed by atoms with Crippen molar-refractivity contribution in [2.45, 2.75) is 0 Å². The third-order valence-corrected chi connectivity index (χ3v) is 2.80. The first-order chi connectivity index (χ1) is 10.0. The molecule has 7 nitrogen and oxygen atoms in total. The number of nitrogens with two attached hydrogens (primary N) is 1. The normalized spacial score (nSPS) is 10.7. The summed E-state index contributed by atoms with van der Waals surface area (Å²) in [6.45, 7) is 0. The van der Waals surface area contributed by atoms with Crippen molar-refractivity contribution in [2.24, 2.45) is 0 Å². The molecule has 0 bridgehead atoms. The quantitative estimate of drug-likeness (QED) is 0.590. The minimum Gasteiger partial charge on any atom is -0.434 e. The van der Waals surface area contributed by atoms with Crippen molar-refractivity contribution in [1.82, 2.24) is 9.61 Å². The van der Waals surface area contributed by atoms with Crippen LogP contribution in [-0.4, -0.2) is 14.5 Å². The van der Waals surface area contributed by atoms with Gasteiger partial charge in [0.2, 0.25) is 5.88 Å². The molecular weight excluding hydrogens is 279 g/mol. The van der Waals surface area contributed by atoms with E-state index >= 15 is 0 Å². The number of ether oxygens (including phenoxy) is 1. The number of nitro benzene ring substituents is 1. The molecule has 0 amide bonds. The van der Waals surface area contributed by atoms with E-state index in [9.17, 15) is 14.5 Å². The molecule has 3 rings (SSSR count). The maximum Gasteiger partial charge on any atom is 0.272 e. The third kappa shape index (κ3) is 2.46. The van der Waals surface area contributed by atoms with Crippen LogP contribution in [0, 0.1) is 15.9 Å². The number of non-ortho nitro benzene ring substituents is 1. The molecule has 2 aromatic heterocycles. The Morgan fingerprint density at radius 3 is 2.81 bits per heavy atom. The zero-order valence-electron chi connectivity index (χ0n) is 10.6. The van der Waals surface area contributed by atoms with E-state index in [1.54, 1.807) is 24.4 Å². The second kappa shape index (κ2) is 4.75. The van der Waals surface area contributed by atoms with Gasteiger partial charge in [0, 0.05) is 12.1 Å². The van der Waals surface area contributed by atoms with Crippen LogP contribution in [0.25, 0.3) is 5.52 Å². The Balaban J connectivity index is 1.93. The van der Waals surface area contributed by atoms with Crippen LogP contribution in [0.2, 0.25) is 0 Å². The van der Waals surface area contributed by atoms with Gasteiger partial charge in [-0.2, -0.15) is 0 Å². The van der Waals surface area contributed by atoms with Crippen molar-refractivity contribution in [3.05, 3.63) is 58.5 Å². The Labute approximate surface area is 117 Å². The topological polar surface area (TPSA) is 95.7 Å². The van der Waals surface area contributed by atoms with E-state index < -0.39 is 10.7 Å². The lowest BCUT2D eigenvalue weighted by Gasteiger charge is -2.02. The molecule has 0 saturated heterocycles. The Morgan fingerprint density at radius 1 is 1.29 bits per heavy atom. The van der Waals surface area contributed by atoms with E-state index in [4.69, 9.17) is 10.5 Å². The average molecular weight is 288 g/mol. The number of nitrogen functional groups attached to an aromatic ring is 1. The minimum absolute atomic E-state index is 0.142. The van der Waals surface area contributed by atoms with Gasteiger partial charge >= 0.3 is 0 Å². The Kier molecular flexibility index (Phi) is 2.90. The van der Waals surface area contributed by atoms with E-state index in [1.807, 2.05) is 0 Å². The van der Waals surface area contributed by atoms with Crippen molar-refractivity contribution in [3.63, 3.8) is 0 Å². The van der Waals surface area contributed by atoms with E-state index in [2.05, 4.69) is 5.10 Å². The van der Waals surface area contributed by atoms with Crippen molar-refractivity contribution in [2.75, 3.05) is 5.73 Å². The summed E-state index contributed by atoms with van der Waals surface area (Å²) in [6, 6.07) is 8.18. The fraction of sp³-hybridized carbons (Fsp3) is 0. The SMILES string of the molecule is Nc1ccc2cc(Oc3ccc([N+](=O)[O-])cc3F)nn2c1. The van der Waals surface area contributed by atoms with Gasteiger partial charge in [-0.05, 0) is 18.2 Å². The molecule has 0 aliphatic heterocycles. The Morgan fingerprint density at radius 2 is 2.10 bits per heavy atom. The number of hydrogen-bond acceptors (Lipinski definition) is 5. The number of hydrogen-bond donors (Lipinski definition) is 1. The lowest BCUT2D eigenvalue weighted by molar-refractivity contribution is -0.385. The zero-order chi connectivity index (χ0) is 15.0. The monoisotopic (exact) mass is 288 g/mol. The van der Waals surface area contributed by atoms with Crippen LogP contribution in [0.1, 0.15) is 0 Å². The summed E-state index contributed by atoms with van der Waals surface area (Å²) >= 11 is 0. The molecule has 2 N–H and O–H groups in total. The highest BCUT2D eigenvalue weighted by Gasteiger charge is 2.13. The molecule has 0 aliphatic rings. The maximum atomic E-state index is 13.7. The summed E-state index contributed by atoms with van der Waals surface area (Å²) in [6.07, 6.45) is 1.59. The van der Waals surface area contributed by atoms with E-state index in [-0.39, 0.29) is 17.3 Å². The Hall–Kier alpha value is -3.16. The molecule has 0 radical (unpaired) electrons. The van der Waals surface area contributed by atoms with Crippen LogP contribution in [-0.2, 0) is 0 Å². The highest BCUT2D eigenvalue weighted by molar-refractivity contribution is 5.54. The lowest BCUT2D eigenvalue weighted by atomic mass is 10.3. The molecule has 0 saturated carbocycles. The molecule has 106 valence electrons. The van der Waals surface area contributed by atoms with Gasteiger partial charge < -0.3 is 10.5 Å². The molecule has 21 heavy (non-hydrogen) atoms. The van der Waals surface area contributed by atoms with Crippen molar-refractivity contribution < 1.29 is 14.1 Å². The first-order valence-electron chi connectivity index (χ1n) is 5.89. The summed E-state index contributed by atoms with van der Waals surface area (Å²) in [4.78, 5) is 9.86. The van der Waals surface area contributed by atoms with Gasteiger partial charge in [0.05, 0.1) is 28.4 Å². The highest BCUT2D eigenvalue weighted by atomic mass is 19.1. The van der Waals surface area contributed by atoms with Gasteiger partial charge in [0.25, 0.3) is 5.69 Å². The number of pyridine rings is 1. The lowest BCUT2D eigenvalue weighted by Crippen LogP contribution is -1.94.